The smallest absolute Gasteiger partial charge is 0.422 e. The summed E-state index contributed by atoms with van der Waals surface area (Å²) in [4.78, 5) is 23.3. The number of hydrogen-bond donors (Lipinski definition) is 3. The zero-order valence-electron chi connectivity index (χ0n) is 10.3. The molecule has 9 heteroatoms. The second-order valence-electron chi connectivity index (χ2n) is 3.43. The maximum absolute atomic E-state index is 11.7. The fraction of sp³-hybridized carbons (Fsp3) is 0.200. The van der Waals surface area contributed by atoms with Crippen molar-refractivity contribution < 1.29 is 22.7 Å². The average molecular weight is 287 g/mol. The summed E-state index contributed by atoms with van der Waals surface area (Å²) in [6, 6.07) is 5.42. The van der Waals surface area contributed by atoms with Crippen LogP contribution in [0.2, 0.25) is 0 Å². The lowest BCUT2D eigenvalue weighted by molar-refractivity contribution is -0.114. The van der Waals surface area contributed by atoms with Crippen molar-refractivity contribution in [1.29, 1.82) is 0 Å². The van der Waals surface area contributed by atoms with Crippen molar-refractivity contribution in [1.82, 2.24) is 10.3 Å². The highest BCUT2D eigenvalue weighted by atomic mass is 32.2. The molecule has 0 heterocycles. The Hall–Kier alpha value is -2.13. The van der Waals surface area contributed by atoms with Gasteiger partial charge in [0.05, 0.1) is 12.0 Å². The van der Waals surface area contributed by atoms with E-state index in [0.717, 1.165) is 7.11 Å². The van der Waals surface area contributed by atoms with Crippen molar-refractivity contribution in [3.63, 3.8) is 0 Å². The molecule has 2 amide bonds. The highest BCUT2D eigenvalue weighted by Gasteiger charge is 2.14. The molecular formula is C10H13N3O5S. The first kappa shape index (κ1) is 14.9. The lowest BCUT2D eigenvalue weighted by Crippen LogP contribution is -2.41. The van der Waals surface area contributed by atoms with Crippen LogP contribution in [0.25, 0.3) is 0 Å². The predicted molar refractivity (Wildman–Crippen MR) is 66.6 cm³/mol. The number of rotatable bonds is 4. The van der Waals surface area contributed by atoms with Crippen LogP contribution in [-0.2, 0) is 19.6 Å². The van der Waals surface area contributed by atoms with Crippen molar-refractivity contribution in [2.24, 2.45) is 0 Å². The predicted octanol–water partition coefficient (Wildman–Crippen LogP) is 0.194. The molecule has 0 atom stereocenters. The number of hydrazine groups is 1. The van der Waals surface area contributed by atoms with E-state index in [2.05, 4.69) is 10.1 Å². The second kappa shape index (κ2) is 6.16. The summed E-state index contributed by atoms with van der Waals surface area (Å²) in [5, 5.41) is 2.50. The molecule has 0 spiro atoms. The number of carbonyl (C=O) groups is 2. The van der Waals surface area contributed by atoms with E-state index in [1.807, 2.05) is 10.3 Å². The molecule has 0 aliphatic carbocycles. The van der Waals surface area contributed by atoms with E-state index in [4.69, 9.17) is 0 Å². The molecule has 0 radical (unpaired) electrons. The summed E-state index contributed by atoms with van der Waals surface area (Å²) in [5.74, 6) is -0.263. The van der Waals surface area contributed by atoms with Gasteiger partial charge < -0.3 is 10.1 Å². The van der Waals surface area contributed by atoms with Gasteiger partial charge in [-0.3, -0.25) is 4.79 Å². The van der Waals surface area contributed by atoms with E-state index in [1.54, 1.807) is 0 Å². The summed E-state index contributed by atoms with van der Waals surface area (Å²) >= 11 is 0. The molecule has 0 saturated carbocycles. The molecule has 1 rings (SSSR count). The fourth-order valence-electron chi connectivity index (χ4n) is 1.14. The van der Waals surface area contributed by atoms with Gasteiger partial charge >= 0.3 is 6.09 Å². The Labute approximate surface area is 110 Å². The monoisotopic (exact) mass is 287 g/mol. The number of carbonyl (C=O) groups excluding carboxylic acids is 2. The van der Waals surface area contributed by atoms with Gasteiger partial charge in [-0.1, -0.05) is 0 Å². The Morgan fingerprint density at radius 3 is 2.21 bits per heavy atom. The minimum absolute atomic E-state index is 0.0713. The lowest BCUT2D eigenvalue weighted by atomic mass is 10.3. The number of amides is 2. The maximum atomic E-state index is 11.7. The largest absolute Gasteiger partial charge is 0.452 e. The molecule has 0 aromatic heterocycles. The van der Waals surface area contributed by atoms with Crippen LogP contribution >= 0.6 is 0 Å². The van der Waals surface area contributed by atoms with E-state index in [1.165, 1.54) is 31.2 Å². The van der Waals surface area contributed by atoms with E-state index in [-0.39, 0.29) is 10.8 Å². The van der Waals surface area contributed by atoms with Crippen molar-refractivity contribution in [2.45, 2.75) is 11.8 Å². The molecule has 0 bridgehead atoms. The number of ether oxygens (including phenoxy) is 1. The molecule has 1 aromatic rings. The van der Waals surface area contributed by atoms with Crippen LogP contribution in [0.15, 0.2) is 29.2 Å². The first-order chi connectivity index (χ1) is 8.85. The molecule has 0 unspecified atom stereocenters. The SMILES string of the molecule is COC(=O)NNS(=O)(=O)c1ccc(NC(C)=O)cc1. The van der Waals surface area contributed by atoms with Crippen molar-refractivity contribution in [3.8, 4) is 0 Å². The number of sulfonamides is 1. The van der Waals surface area contributed by atoms with Crippen LogP contribution < -0.4 is 15.6 Å². The van der Waals surface area contributed by atoms with E-state index in [9.17, 15) is 18.0 Å². The Kier molecular flexibility index (Phi) is 4.84. The summed E-state index contributed by atoms with van der Waals surface area (Å²) in [5.41, 5.74) is 2.31. The van der Waals surface area contributed by atoms with E-state index >= 15 is 0 Å². The highest BCUT2D eigenvalue weighted by Crippen LogP contribution is 2.13. The third kappa shape index (κ3) is 4.56. The van der Waals surface area contributed by atoms with Crippen molar-refractivity contribution in [3.05, 3.63) is 24.3 Å². The van der Waals surface area contributed by atoms with Gasteiger partial charge in [0.15, 0.2) is 0 Å². The number of hydrogen-bond acceptors (Lipinski definition) is 5. The van der Waals surface area contributed by atoms with Gasteiger partial charge in [-0.15, -0.1) is 4.83 Å². The molecule has 1 aromatic carbocycles. The number of methoxy groups -OCH3 is 1. The third-order valence-electron chi connectivity index (χ3n) is 1.96. The highest BCUT2D eigenvalue weighted by molar-refractivity contribution is 7.89. The molecule has 3 N–H and O–H groups in total. The average Bonchev–Trinajstić information content (AvgIpc) is 2.36. The molecule has 8 nitrogen and oxygen atoms in total. The number of benzene rings is 1. The normalized spacial score (nSPS) is 10.6. The Balaban J connectivity index is 2.79. The van der Waals surface area contributed by atoms with Gasteiger partial charge in [-0.25, -0.2) is 18.6 Å². The van der Waals surface area contributed by atoms with Crippen LogP contribution in [0, 0.1) is 0 Å². The number of anilines is 1. The van der Waals surface area contributed by atoms with Gasteiger partial charge in [0, 0.05) is 12.6 Å². The fourth-order valence-corrected chi connectivity index (χ4v) is 1.97. The molecule has 104 valence electrons. The minimum atomic E-state index is -3.89. The number of nitrogens with one attached hydrogen (secondary N) is 3. The van der Waals surface area contributed by atoms with Gasteiger partial charge in [0.1, 0.15) is 0 Å². The van der Waals surface area contributed by atoms with Crippen molar-refractivity contribution in [2.75, 3.05) is 12.4 Å². The van der Waals surface area contributed by atoms with Crippen LogP contribution in [-0.4, -0.2) is 27.5 Å². The van der Waals surface area contributed by atoms with E-state index in [0.29, 0.717) is 5.69 Å². The van der Waals surface area contributed by atoms with Gasteiger partial charge in [-0.05, 0) is 24.3 Å². The van der Waals surface area contributed by atoms with Crippen LogP contribution in [0.5, 0.6) is 0 Å². The minimum Gasteiger partial charge on any atom is -0.452 e. The molecule has 0 aliphatic heterocycles. The quantitative estimate of drug-likeness (QED) is 0.684. The molecule has 0 saturated heterocycles. The standard InChI is InChI=1S/C10H13N3O5S/c1-7(14)11-8-3-5-9(6-4-8)19(16,17)13-12-10(15)18-2/h3-6,13H,1-2H3,(H,11,14)(H,12,15). The van der Waals surface area contributed by atoms with Crippen molar-refractivity contribution >= 4 is 27.7 Å². The molecule has 19 heavy (non-hydrogen) atoms. The van der Waals surface area contributed by atoms with Crippen LogP contribution in [0.4, 0.5) is 10.5 Å². The van der Waals surface area contributed by atoms with Gasteiger partial charge in [0.25, 0.3) is 10.0 Å². The third-order valence-corrected chi connectivity index (χ3v) is 3.22. The molecule has 0 fully saturated rings. The summed E-state index contributed by atoms with van der Waals surface area (Å²) < 4.78 is 27.7. The first-order valence-electron chi connectivity index (χ1n) is 5.08. The second-order valence-corrected chi connectivity index (χ2v) is 5.11. The summed E-state index contributed by atoms with van der Waals surface area (Å²) in [6.45, 7) is 1.34. The van der Waals surface area contributed by atoms with Crippen LogP contribution in [0.1, 0.15) is 6.92 Å². The summed E-state index contributed by atoms with van der Waals surface area (Å²) in [7, 11) is -2.78. The Morgan fingerprint density at radius 2 is 1.74 bits per heavy atom. The maximum Gasteiger partial charge on any atom is 0.422 e. The topological polar surface area (TPSA) is 114 Å². The zero-order chi connectivity index (χ0) is 14.5. The molecular weight excluding hydrogens is 274 g/mol. The van der Waals surface area contributed by atoms with Gasteiger partial charge in [0.2, 0.25) is 5.91 Å². The van der Waals surface area contributed by atoms with Gasteiger partial charge in [-0.2, -0.15) is 0 Å². The Morgan fingerprint density at radius 1 is 1.16 bits per heavy atom. The first-order valence-corrected chi connectivity index (χ1v) is 6.57. The molecule has 0 aliphatic rings. The Bertz CT molecular complexity index is 567. The van der Waals surface area contributed by atoms with E-state index < -0.39 is 16.1 Å². The lowest BCUT2D eigenvalue weighted by Gasteiger charge is -2.08. The summed E-state index contributed by atoms with van der Waals surface area (Å²) in [6.07, 6.45) is -0.932. The van der Waals surface area contributed by atoms with Crippen LogP contribution in [0.3, 0.4) is 0 Å². The zero-order valence-corrected chi connectivity index (χ0v) is 11.1.